The second kappa shape index (κ2) is 13.7. The van der Waals surface area contributed by atoms with E-state index in [-0.39, 0.29) is 25.1 Å². The minimum absolute atomic E-state index is 0.0429. The largest absolute Gasteiger partial charge is 0.493 e. The van der Waals surface area contributed by atoms with Gasteiger partial charge in [0.25, 0.3) is 0 Å². The van der Waals surface area contributed by atoms with Crippen LogP contribution in [-0.4, -0.2) is 79.4 Å². The fourth-order valence-electron chi connectivity index (χ4n) is 5.61. The highest BCUT2D eigenvalue weighted by Crippen LogP contribution is 2.49. The Balaban J connectivity index is 0.000000945. The minimum atomic E-state index is -0.748. The van der Waals surface area contributed by atoms with Crippen LogP contribution in [-0.2, 0) is 35.0 Å². The average molecular weight is 629 g/mol. The summed E-state index contributed by atoms with van der Waals surface area (Å²) in [5.74, 6) is 1.20. The zero-order chi connectivity index (χ0) is 32.3. The highest BCUT2D eigenvalue weighted by atomic mass is 16.9. The number of benzene rings is 3. The van der Waals surface area contributed by atoms with Crippen LogP contribution in [0.15, 0.2) is 30.3 Å². The molecule has 12 heteroatoms. The van der Waals surface area contributed by atoms with Crippen LogP contribution in [0, 0.1) is 0 Å². The maximum atomic E-state index is 13.6. The van der Waals surface area contributed by atoms with E-state index in [1.807, 2.05) is 45.0 Å². The molecule has 3 aliphatic heterocycles. The maximum Gasteiger partial charge on any atom is 0.339 e. The summed E-state index contributed by atoms with van der Waals surface area (Å²) in [7, 11) is 7.66. The van der Waals surface area contributed by atoms with Crippen molar-refractivity contribution in [1.82, 2.24) is 0 Å². The average Bonchev–Trinajstić information content (AvgIpc) is 3.73. The summed E-state index contributed by atoms with van der Waals surface area (Å²) >= 11 is 0. The third-order valence-electron chi connectivity index (χ3n) is 7.59. The van der Waals surface area contributed by atoms with Gasteiger partial charge in [-0.1, -0.05) is 6.07 Å². The summed E-state index contributed by atoms with van der Waals surface area (Å²) in [6, 6.07) is 9.11. The van der Waals surface area contributed by atoms with E-state index < -0.39 is 24.3 Å². The fraction of sp³-hybridized carbons (Fsp3) is 0.485. The number of hydrogen-bond acceptors (Lipinski definition) is 12. The van der Waals surface area contributed by atoms with Crippen molar-refractivity contribution in [3.63, 3.8) is 0 Å². The number of ether oxygens (including phenoxy) is 11. The summed E-state index contributed by atoms with van der Waals surface area (Å²) in [5.41, 5.74) is 2.04. The van der Waals surface area contributed by atoms with Crippen molar-refractivity contribution >= 4 is 16.7 Å². The molecule has 0 spiro atoms. The van der Waals surface area contributed by atoms with Crippen LogP contribution in [0.1, 0.15) is 43.1 Å². The predicted molar refractivity (Wildman–Crippen MR) is 162 cm³/mol. The van der Waals surface area contributed by atoms with Crippen molar-refractivity contribution in [2.24, 2.45) is 0 Å². The molecule has 2 fully saturated rings. The van der Waals surface area contributed by atoms with Crippen LogP contribution in [0.2, 0.25) is 0 Å². The molecule has 3 unspecified atom stereocenters. The van der Waals surface area contributed by atoms with Crippen molar-refractivity contribution in [3.8, 4) is 39.9 Å². The van der Waals surface area contributed by atoms with E-state index in [2.05, 4.69) is 4.74 Å². The van der Waals surface area contributed by atoms with Gasteiger partial charge in [0.2, 0.25) is 13.1 Å². The standard InChI is InChI=1S/C30H32O11.C3H8O/c1-30(2)40-23-12-24(39-29(23)41-30)38-27-17-11-21(34-5)20(33-4)10-16(17)25(26(28(31)35-6)18(27)13-32-3)15-7-8-19-22(9-15)37-14-36-19;1-3-4-2/h7-11,23-24,29H,12-14H2,1-6H3;3H2,1-2H3. The normalized spacial score (nSPS) is 20.8. The quantitative estimate of drug-likeness (QED) is 0.281. The molecular formula is C33H40O12. The molecule has 12 nitrogen and oxygen atoms in total. The number of esters is 1. The maximum absolute atomic E-state index is 13.6. The molecular weight excluding hydrogens is 588 g/mol. The molecule has 0 bridgehead atoms. The van der Waals surface area contributed by atoms with Crippen molar-refractivity contribution in [3.05, 3.63) is 41.5 Å². The number of carbonyl (C=O) groups excluding carboxylic acids is 1. The van der Waals surface area contributed by atoms with Crippen molar-refractivity contribution < 1.29 is 56.9 Å². The van der Waals surface area contributed by atoms with Crippen molar-refractivity contribution in [2.45, 2.75) is 58.3 Å². The first-order valence-electron chi connectivity index (χ1n) is 14.6. The molecule has 0 N–H and O–H groups in total. The number of rotatable bonds is 9. The van der Waals surface area contributed by atoms with Gasteiger partial charge < -0.3 is 52.1 Å². The smallest absolute Gasteiger partial charge is 0.339 e. The highest BCUT2D eigenvalue weighted by molar-refractivity contribution is 6.13. The zero-order valence-electron chi connectivity index (χ0n) is 26.8. The molecule has 45 heavy (non-hydrogen) atoms. The van der Waals surface area contributed by atoms with Crippen molar-refractivity contribution in [1.29, 1.82) is 0 Å². The van der Waals surface area contributed by atoms with Crippen LogP contribution in [0.3, 0.4) is 0 Å². The molecule has 3 aromatic carbocycles. The number of methoxy groups -OCH3 is 5. The minimum Gasteiger partial charge on any atom is -0.493 e. The molecule has 0 saturated carbocycles. The first kappa shape index (κ1) is 32.6. The SMILES string of the molecule is CCOC.COCc1c(C(=O)OC)c(-c2ccc3c(c2)OCO3)c2cc(OC)c(OC)cc2c1OC1CC2OC(C)(C)OC2O1. The molecule has 3 aromatic rings. The van der Waals surface area contributed by atoms with Crippen LogP contribution in [0.5, 0.6) is 28.7 Å². The van der Waals surface area contributed by atoms with Gasteiger partial charge in [0, 0.05) is 43.8 Å². The topological polar surface area (TPSA) is 119 Å². The molecule has 0 amide bonds. The van der Waals surface area contributed by atoms with Gasteiger partial charge in [0.05, 0.1) is 33.5 Å². The Labute approximate surface area is 262 Å². The van der Waals surface area contributed by atoms with Gasteiger partial charge in [-0.25, -0.2) is 4.79 Å². The van der Waals surface area contributed by atoms with Gasteiger partial charge in [0.15, 0.2) is 35.1 Å². The number of carbonyl (C=O) groups is 1. The van der Waals surface area contributed by atoms with Gasteiger partial charge in [-0.2, -0.15) is 0 Å². The first-order chi connectivity index (χ1) is 21.7. The number of hydrogen-bond donors (Lipinski definition) is 0. The lowest BCUT2D eigenvalue weighted by molar-refractivity contribution is -0.228. The van der Waals surface area contributed by atoms with Gasteiger partial charge in [-0.05, 0) is 56.0 Å². The lowest BCUT2D eigenvalue weighted by Crippen LogP contribution is -2.27. The lowest BCUT2D eigenvalue weighted by atomic mass is 9.88. The molecule has 244 valence electrons. The van der Waals surface area contributed by atoms with E-state index >= 15 is 0 Å². The fourth-order valence-corrected chi connectivity index (χ4v) is 5.61. The van der Waals surface area contributed by atoms with Gasteiger partial charge >= 0.3 is 5.97 Å². The van der Waals surface area contributed by atoms with Crippen molar-refractivity contribution in [2.75, 3.05) is 48.9 Å². The number of fused-ring (bicyclic) bond motifs is 3. The summed E-state index contributed by atoms with van der Waals surface area (Å²) in [6.45, 7) is 6.61. The molecule has 0 radical (unpaired) electrons. The van der Waals surface area contributed by atoms with E-state index in [9.17, 15) is 4.79 Å². The monoisotopic (exact) mass is 628 g/mol. The second-order valence-corrected chi connectivity index (χ2v) is 10.8. The van der Waals surface area contributed by atoms with Gasteiger partial charge in [-0.3, -0.25) is 0 Å². The third kappa shape index (κ3) is 6.47. The molecule has 3 aliphatic rings. The van der Waals surface area contributed by atoms with E-state index in [1.165, 1.54) is 7.11 Å². The Bertz CT molecular complexity index is 1520. The Morgan fingerprint density at radius 2 is 1.60 bits per heavy atom. The molecule has 0 aromatic heterocycles. The van der Waals surface area contributed by atoms with Crippen LogP contribution in [0.25, 0.3) is 21.9 Å². The van der Waals surface area contributed by atoms with Crippen LogP contribution >= 0.6 is 0 Å². The summed E-state index contributed by atoms with van der Waals surface area (Å²) in [5, 5.41) is 1.31. The first-order valence-corrected chi connectivity index (χ1v) is 14.6. The zero-order valence-corrected chi connectivity index (χ0v) is 26.8. The molecule has 0 aliphatic carbocycles. The van der Waals surface area contributed by atoms with Crippen LogP contribution < -0.4 is 23.7 Å². The Morgan fingerprint density at radius 3 is 2.22 bits per heavy atom. The van der Waals surface area contributed by atoms with E-state index in [0.717, 1.165) is 6.61 Å². The van der Waals surface area contributed by atoms with E-state index in [4.69, 9.17) is 47.4 Å². The summed E-state index contributed by atoms with van der Waals surface area (Å²) < 4.78 is 62.4. The third-order valence-corrected chi connectivity index (χ3v) is 7.59. The van der Waals surface area contributed by atoms with E-state index in [0.29, 0.717) is 62.6 Å². The molecule has 2 saturated heterocycles. The molecule has 3 atom stereocenters. The van der Waals surface area contributed by atoms with Crippen LogP contribution in [0.4, 0.5) is 0 Å². The predicted octanol–water partition coefficient (Wildman–Crippen LogP) is 5.44. The second-order valence-electron chi connectivity index (χ2n) is 10.8. The Kier molecular flexibility index (Phi) is 9.90. The Hall–Kier alpha value is -3.81. The van der Waals surface area contributed by atoms with Gasteiger partial charge in [0.1, 0.15) is 11.9 Å². The van der Waals surface area contributed by atoms with Gasteiger partial charge in [-0.15, -0.1) is 0 Å². The lowest BCUT2D eigenvalue weighted by Gasteiger charge is -2.25. The molecule has 6 rings (SSSR count). The summed E-state index contributed by atoms with van der Waals surface area (Å²) in [4.78, 5) is 13.6. The summed E-state index contributed by atoms with van der Waals surface area (Å²) in [6.07, 6.45) is -1.16. The van der Waals surface area contributed by atoms with E-state index in [1.54, 1.807) is 34.5 Å². The Morgan fingerprint density at radius 1 is 0.911 bits per heavy atom. The highest BCUT2D eigenvalue weighted by Gasteiger charge is 2.49. The molecule has 3 heterocycles.